The Bertz CT molecular complexity index is 649. The van der Waals surface area contributed by atoms with Crippen molar-refractivity contribution in [1.82, 2.24) is 10.2 Å². The van der Waals surface area contributed by atoms with E-state index in [9.17, 15) is 19.1 Å². The first-order chi connectivity index (χ1) is 10.9. The smallest absolute Gasteiger partial charge is 0.254 e. The van der Waals surface area contributed by atoms with E-state index < -0.39 is 17.3 Å². The highest BCUT2D eigenvalue weighted by Crippen LogP contribution is 2.37. The van der Waals surface area contributed by atoms with E-state index >= 15 is 0 Å². The molecule has 23 heavy (non-hydrogen) atoms. The van der Waals surface area contributed by atoms with Crippen LogP contribution in [0.5, 0.6) is 0 Å². The molecule has 2 saturated heterocycles. The molecule has 1 aromatic rings. The fourth-order valence-electron chi connectivity index (χ4n) is 3.61. The second-order valence-electron chi connectivity index (χ2n) is 6.51. The lowest BCUT2D eigenvalue weighted by molar-refractivity contribution is -0.147. The molecule has 0 aliphatic carbocycles. The largest absolute Gasteiger partial charge is 0.392 e. The van der Waals surface area contributed by atoms with Crippen LogP contribution >= 0.6 is 0 Å². The number of likely N-dealkylation sites (tertiary alicyclic amines) is 1. The zero-order valence-electron chi connectivity index (χ0n) is 13.1. The van der Waals surface area contributed by atoms with Crippen LogP contribution in [0.25, 0.3) is 0 Å². The minimum absolute atomic E-state index is 0.175. The van der Waals surface area contributed by atoms with Crippen LogP contribution in [0.2, 0.25) is 0 Å². The predicted octanol–water partition coefficient (Wildman–Crippen LogP) is 1.24. The number of benzene rings is 1. The molecule has 2 fully saturated rings. The molecule has 0 unspecified atom stereocenters. The van der Waals surface area contributed by atoms with E-state index in [1.807, 2.05) is 0 Å². The van der Waals surface area contributed by atoms with E-state index in [0.29, 0.717) is 37.1 Å². The van der Waals surface area contributed by atoms with E-state index in [1.165, 1.54) is 12.1 Å². The summed E-state index contributed by atoms with van der Waals surface area (Å²) >= 11 is 0. The molecule has 124 valence electrons. The molecule has 2 heterocycles. The van der Waals surface area contributed by atoms with E-state index in [0.717, 1.165) is 6.42 Å². The van der Waals surface area contributed by atoms with Gasteiger partial charge in [0.25, 0.3) is 5.91 Å². The Balaban J connectivity index is 1.87. The van der Waals surface area contributed by atoms with Crippen molar-refractivity contribution in [3.05, 3.63) is 35.1 Å². The lowest BCUT2D eigenvalue weighted by Gasteiger charge is -2.46. The van der Waals surface area contributed by atoms with Crippen molar-refractivity contribution in [2.75, 3.05) is 19.6 Å². The molecule has 2 atom stereocenters. The molecule has 5 nitrogen and oxygen atoms in total. The number of nitrogens with zero attached hydrogens (tertiary/aromatic N) is 1. The number of carbonyl (C=O) groups excluding carboxylic acids is 2. The van der Waals surface area contributed by atoms with Gasteiger partial charge in [0, 0.05) is 25.2 Å². The van der Waals surface area contributed by atoms with Crippen LogP contribution in [0.4, 0.5) is 4.39 Å². The van der Waals surface area contributed by atoms with Gasteiger partial charge in [-0.15, -0.1) is 0 Å². The van der Waals surface area contributed by atoms with Crippen LogP contribution < -0.4 is 5.32 Å². The normalized spacial score (nSPS) is 27.9. The van der Waals surface area contributed by atoms with Gasteiger partial charge in [-0.05, 0) is 43.9 Å². The van der Waals surface area contributed by atoms with Crippen molar-refractivity contribution in [1.29, 1.82) is 0 Å². The molecule has 6 heteroatoms. The summed E-state index contributed by atoms with van der Waals surface area (Å²) in [6.45, 7) is 2.90. The minimum Gasteiger partial charge on any atom is -0.392 e. The highest BCUT2D eigenvalue weighted by molar-refractivity contribution is 5.96. The van der Waals surface area contributed by atoms with Gasteiger partial charge < -0.3 is 15.3 Å². The molecule has 0 aromatic heterocycles. The van der Waals surface area contributed by atoms with Crippen LogP contribution in [-0.2, 0) is 4.79 Å². The molecule has 0 bridgehead atoms. The van der Waals surface area contributed by atoms with Crippen molar-refractivity contribution < 1.29 is 19.1 Å². The van der Waals surface area contributed by atoms with Gasteiger partial charge in [0.05, 0.1) is 11.5 Å². The van der Waals surface area contributed by atoms with Crippen LogP contribution in [-0.4, -0.2) is 47.6 Å². The SMILES string of the molecule is Cc1ccc(F)cc1C(=O)N1CC[C@@H](O)[C@@]2(CCCNC2=O)C1. The summed E-state index contributed by atoms with van der Waals surface area (Å²) in [5.74, 6) is -0.933. The molecule has 0 saturated carbocycles. The number of hydrogen-bond acceptors (Lipinski definition) is 3. The Morgan fingerprint density at radius 2 is 2.26 bits per heavy atom. The van der Waals surface area contributed by atoms with Crippen LogP contribution in [0.15, 0.2) is 18.2 Å². The summed E-state index contributed by atoms with van der Waals surface area (Å²) in [6, 6.07) is 4.13. The second kappa shape index (κ2) is 5.92. The quantitative estimate of drug-likeness (QED) is 0.818. The van der Waals surface area contributed by atoms with Gasteiger partial charge in [0.2, 0.25) is 5.91 Å². The third-order valence-electron chi connectivity index (χ3n) is 5.04. The fraction of sp³-hybridized carbons (Fsp3) is 0.529. The van der Waals surface area contributed by atoms with Crippen molar-refractivity contribution in [2.45, 2.75) is 32.3 Å². The fourth-order valence-corrected chi connectivity index (χ4v) is 3.61. The standard InChI is InChI=1S/C17H21FN2O3/c1-11-3-4-12(18)9-13(11)15(22)20-8-5-14(21)17(10-20)6-2-7-19-16(17)23/h3-4,9,14,21H,2,5-8,10H2,1H3,(H,19,23)/t14-,17-/m1/s1. The van der Waals surface area contributed by atoms with Gasteiger partial charge >= 0.3 is 0 Å². The lowest BCUT2D eigenvalue weighted by atomic mass is 9.71. The molecule has 2 aliphatic rings. The van der Waals surface area contributed by atoms with Crippen LogP contribution in [0.3, 0.4) is 0 Å². The number of rotatable bonds is 1. The van der Waals surface area contributed by atoms with E-state index in [-0.39, 0.29) is 18.4 Å². The third kappa shape index (κ3) is 2.72. The van der Waals surface area contributed by atoms with Gasteiger partial charge in [-0.1, -0.05) is 6.07 Å². The topological polar surface area (TPSA) is 69.6 Å². The summed E-state index contributed by atoms with van der Waals surface area (Å²) in [6.07, 6.45) is 0.948. The number of aliphatic hydroxyl groups excluding tert-OH is 1. The zero-order chi connectivity index (χ0) is 16.6. The molecule has 1 spiro atoms. The Morgan fingerprint density at radius 1 is 1.48 bits per heavy atom. The Hall–Kier alpha value is -1.95. The number of aliphatic hydroxyl groups is 1. The van der Waals surface area contributed by atoms with Gasteiger partial charge in [-0.2, -0.15) is 0 Å². The monoisotopic (exact) mass is 320 g/mol. The number of aryl methyl sites for hydroxylation is 1. The van der Waals surface area contributed by atoms with E-state index in [4.69, 9.17) is 0 Å². The van der Waals surface area contributed by atoms with Crippen molar-refractivity contribution in [3.8, 4) is 0 Å². The van der Waals surface area contributed by atoms with Gasteiger partial charge in [0.1, 0.15) is 5.82 Å². The first-order valence-electron chi connectivity index (χ1n) is 7.96. The van der Waals surface area contributed by atoms with E-state index in [2.05, 4.69) is 5.32 Å². The Kier molecular flexibility index (Phi) is 4.10. The zero-order valence-corrected chi connectivity index (χ0v) is 13.1. The Labute approximate surface area is 134 Å². The second-order valence-corrected chi connectivity index (χ2v) is 6.51. The number of nitrogens with one attached hydrogen (secondary N) is 1. The van der Waals surface area contributed by atoms with Gasteiger partial charge in [-0.3, -0.25) is 9.59 Å². The van der Waals surface area contributed by atoms with Crippen LogP contribution in [0, 0.1) is 18.2 Å². The lowest BCUT2D eigenvalue weighted by Crippen LogP contribution is -2.62. The first-order valence-corrected chi connectivity index (χ1v) is 7.96. The first kappa shape index (κ1) is 15.9. The molecule has 0 radical (unpaired) electrons. The van der Waals surface area contributed by atoms with Crippen molar-refractivity contribution in [3.63, 3.8) is 0 Å². The highest BCUT2D eigenvalue weighted by Gasteiger charge is 2.50. The molecule has 2 amide bonds. The molecule has 2 N–H and O–H groups in total. The number of hydrogen-bond donors (Lipinski definition) is 2. The molecule has 2 aliphatic heterocycles. The maximum atomic E-state index is 13.5. The molecular formula is C17H21FN2O3. The minimum atomic E-state index is -0.937. The molecule has 3 rings (SSSR count). The van der Waals surface area contributed by atoms with Crippen molar-refractivity contribution >= 4 is 11.8 Å². The van der Waals surface area contributed by atoms with Crippen molar-refractivity contribution in [2.24, 2.45) is 5.41 Å². The van der Waals surface area contributed by atoms with Crippen LogP contribution in [0.1, 0.15) is 35.2 Å². The maximum Gasteiger partial charge on any atom is 0.254 e. The molecular weight excluding hydrogens is 299 g/mol. The third-order valence-corrected chi connectivity index (χ3v) is 5.04. The number of amides is 2. The predicted molar refractivity (Wildman–Crippen MR) is 82.3 cm³/mol. The highest BCUT2D eigenvalue weighted by atomic mass is 19.1. The summed E-state index contributed by atoms with van der Waals surface area (Å²) in [5.41, 5.74) is 0.0744. The summed E-state index contributed by atoms with van der Waals surface area (Å²) < 4.78 is 13.5. The Morgan fingerprint density at radius 3 is 3.00 bits per heavy atom. The van der Waals surface area contributed by atoms with Gasteiger partial charge in [0.15, 0.2) is 0 Å². The summed E-state index contributed by atoms with van der Waals surface area (Å²) in [7, 11) is 0. The summed E-state index contributed by atoms with van der Waals surface area (Å²) in [4.78, 5) is 26.7. The average molecular weight is 320 g/mol. The maximum absolute atomic E-state index is 13.5. The number of piperidine rings is 2. The average Bonchev–Trinajstić information content (AvgIpc) is 2.54. The molecule has 1 aromatic carbocycles. The summed E-state index contributed by atoms with van der Waals surface area (Å²) in [5, 5.41) is 13.2. The van der Waals surface area contributed by atoms with Gasteiger partial charge in [-0.25, -0.2) is 4.39 Å². The van der Waals surface area contributed by atoms with E-state index in [1.54, 1.807) is 17.9 Å². The number of halogens is 1. The number of carbonyl (C=O) groups is 2.